The van der Waals surface area contributed by atoms with E-state index in [-0.39, 0.29) is 5.91 Å². The summed E-state index contributed by atoms with van der Waals surface area (Å²) in [6, 6.07) is 6.55. The number of hydrogen-bond acceptors (Lipinski definition) is 1. The highest BCUT2D eigenvalue weighted by atomic mass is 79.9. The van der Waals surface area contributed by atoms with Crippen LogP contribution in [0.5, 0.6) is 0 Å². The molecule has 0 radical (unpaired) electrons. The second-order valence-corrected chi connectivity index (χ2v) is 7.17. The van der Waals surface area contributed by atoms with Gasteiger partial charge in [-0.05, 0) is 48.3 Å². The van der Waals surface area contributed by atoms with Crippen molar-refractivity contribution in [1.29, 1.82) is 0 Å². The molecule has 1 atom stereocenters. The van der Waals surface area contributed by atoms with Crippen LogP contribution in [0.2, 0.25) is 0 Å². The molecular formula is C17H22BrNO. The zero-order chi connectivity index (χ0) is 14.2. The molecule has 1 amide bonds. The van der Waals surface area contributed by atoms with Gasteiger partial charge < -0.3 is 5.32 Å². The fraction of sp³-hybridized carbons (Fsp3) is 0.588. The molecule has 1 saturated carbocycles. The molecule has 1 aromatic carbocycles. The largest absolute Gasteiger partial charge is 0.326 e. The van der Waals surface area contributed by atoms with Crippen LogP contribution in [0.3, 0.4) is 0 Å². The second-order valence-electron chi connectivity index (χ2n) is 6.25. The van der Waals surface area contributed by atoms with Gasteiger partial charge in [0.25, 0.3) is 0 Å². The summed E-state index contributed by atoms with van der Waals surface area (Å²) in [5, 5.41) is 2.96. The predicted octanol–water partition coefficient (Wildman–Crippen LogP) is 4.98. The molecule has 1 aliphatic heterocycles. The Hall–Kier alpha value is -0.830. The zero-order valence-corrected chi connectivity index (χ0v) is 13.6. The number of alkyl halides is 1. The molecule has 108 valence electrons. The first-order valence-electron chi connectivity index (χ1n) is 7.71. The van der Waals surface area contributed by atoms with Gasteiger partial charge >= 0.3 is 0 Å². The highest BCUT2D eigenvalue weighted by Crippen LogP contribution is 2.54. The van der Waals surface area contributed by atoms with Crippen LogP contribution in [0.1, 0.15) is 61.4 Å². The minimum absolute atomic E-state index is 0.140. The molecule has 20 heavy (non-hydrogen) atoms. The summed E-state index contributed by atoms with van der Waals surface area (Å²) >= 11 is 3.98. The van der Waals surface area contributed by atoms with Crippen molar-refractivity contribution in [3.05, 3.63) is 29.3 Å². The molecule has 0 saturated heterocycles. The average molecular weight is 336 g/mol. The molecule has 1 aromatic rings. The molecule has 1 fully saturated rings. The molecule has 0 aromatic heterocycles. The van der Waals surface area contributed by atoms with E-state index in [1.54, 1.807) is 0 Å². The van der Waals surface area contributed by atoms with Gasteiger partial charge in [-0.2, -0.15) is 0 Å². The summed E-state index contributed by atoms with van der Waals surface area (Å²) in [5.41, 5.74) is 4.09. The minimum Gasteiger partial charge on any atom is -0.326 e. The van der Waals surface area contributed by atoms with E-state index >= 15 is 0 Å². The Balaban J connectivity index is 1.89. The van der Waals surface area contributed by atoms with E-state index < -0.39 is 0 Å². The monoisotopic (exact) mass is 335 g/mol. The fourth-order valence-corrected chi connectivity index (χ4v) is 4.85. The Morgan fingerprint density at radius 1 is 1.30 bits per heavy atom. The maximum Gasteiger partial charge on any atom is 0.224 e. The summed E-state index contributed by atoms with van der Waals surface area (Å²) in [7, 11) is 0. The van der Waals surface area contributed by atoms with Gasteiger partial charge in [0.15, 0.2) is 0 Å². The number of aryl methyl sites for hydroxylation is 1. The number of carbonyl (C=O) groups excluding carboxylic acids is 1. The molecule has 1 N–H and O–H groups in total. The van der Waals surface area contributed by atoms with E-state index in [4.69, 9.17) is 0 Å². The first-order valence-corrected chi connectivity index (χ1v) is 8.63. The van der Waals surface area contributed by atoms with Gasteiger partial charge in [-0.15, -0.1) is 0 Å². The molecule has 3 rings (SSSR count). The lowest BCUT2D eigenvalue weighted by Crippen LogP contribution is -2.22. The summed E-state index contributed by atoms with van der Waals surface area (Å²) in [6.45, 7) is 2.32. The van der Waals surface area contributed by atoms with Gasteiger partial charge in [0.2, 0.25) is 5.91 Å². The highest BCUT2D eigenvalue weighted by molar-refractivity contribution is 9.09. The lowest BCUT2D eigenvalue weighted by molar-refractivity contribution is -0.116. The molecule has 0 bridgehead atoms. The average Bonchev–Trinajstić information content (AvgIpc) is 2.96. The van der Waals surface area contributed by atoms with Crippen LogP contribution in [-0.4, -0.2) is 5.91 Å². The number of hydrogen-bond donors (Lipinski definition) is 1. The Bertz CT molecular complexity index is 520. The fourth-order valence-electron chi connectivity index (χ4n) is 3.78. The number of benzene rings is 1. The smallest absolute Gasteiger partial charge is 0.224 e. The van der Waals surface area contributed by atoms with E-state index in [0.717, 1.165) is 12.1 Å². The number of amides is 1. The summed E-state index contributed by atoms with van der Waals surface area (Å²) in [5.74, 6) is 0.140. The highest BCUT2D eigenvalue weighted by Gasteiger charge is 2.39. The van der Waals surface area contributed by atoms with E-state index in [0.29, 0.717) is 16.7 Å². The van der Waals surface area contributed by atoms with Crippen molar-refractivity contribution in [1.82, 2.24) is 0 Å². The number of fused-ring (bicyclic) bond motifs is 1. The van der Waals surface area contributed by atoms with Gasteiger partial charge in [-0.1, -0.05) is 47.8 Å². The first kappa shape index (κ1) is 14.1. The van der Waals surface area contributed by atoms with Gasteiger partial charge in [0, 0.05) is 16.9 Å². The van der Waals surface area contributed by atoms with Gasteiger partial charge in [-0.25, -0.2) is 0 Å². The Kier molecular flexibility index (Phi) is 3.89. The molecule has 1 unspecified atom stereocenters. The van der Waals surface area contributed by atoms with Crippen molar-refractivity contribution in [3.8, 4) is 0 Å². The Morgan fingerprint density at radius 2 is 2.05 bits per heavy atom. The molecule has 2 nitrogen and oxygen atoms in total. The van der Waals surface area contributed by atoms with Gasteiger partial charge in [0.1, 0.15) is 0 Å². The molecular weight excluding hydrogens is 314 g/mol. The van der Waals surface area contributed by atoms with Crippen LogP contribution in [0.4, 0.5) is 5.69 Å². The van der Waals surface area contributed by atoms with Crippen molar-refractivity contribution in [2.75, 3.05) is 5.32 Å². The Labute approximate surface area is 129 Å². The van der Waals surface area contributed by atoms with Crippen molar-refractivity contribution in [2.24, 2.45) is 5.41 Å². The predicted molar refractivity (Wildman–Crippen MR) is 86.3 cm³/mol. The Morgan fingerprint density at radius 3 is 2.75 bits per heavy atom. The number of halogens is 1. The van der Waals surface area contributed by atoms with Gasteiger partial charge in [0.05, 0.1) is 0 Å². The van der Waals surface area contributed by atoms with Crippen molar-refractivity contribution >= 4 is 27.5 Å². The van der Waals surface area contributed by atoms with Crippen LogP contribution in [0.15, 0.2) is 18.2 Å². The third-order valence-electron chi connectivity index (χ3n) is 5.16. The van der Waals surface area contributed by atoms with Crippen LogP contribution in [0.25, 0.3) is 0 Å². The third-order valence-corrected chi connectivity index (χ3v) is 6.66. The lowest BCUT2D eigenvalue weighted by Gasteiger charge is -2.34. The van der Waals surface area contributed by atoms with E-state index in [9.17, 15) is 4.79 Å². The lowest BCUT2D eigenvalue weighted by atomic mass is 9.77. The number of rotatable bonds is 3. The van der Waals surface area contributed by atoms with Crippen LogP contribution in [-0.2, 0) is 11.2 Å². The number of anilines is 1. The zero-order valence-electron chi connectivity index (χ0n) is 12.0. The quantitative estimate of drug-likeness (QED) is 0.775. The van der Waals surface area contributed by atoms with Crippen LogP contribution >= 0.6 is 15.9 Å². The first-order chi connectivity index (χ1) is 9.64. The van der Waals surface area contributed by atoms with Crippen molar-refractivity contribution in [3.63, 3.8) is 0 Å². The topological polar surface area (TPSA) is 29.1 Å². The van der Waals surface area contributed by atoms with Crippen molar-refractivity contribution < 1.29 is 4.79 Å². The minimum atomic E-state index is 0.140. The summed E-state index contributed by atoms with van der Waals surface area (Å²) in [6.07, 6.45) is 8.08. The molecule has 3 heteroatoms. The van der Waals surface area contributed by atoms with Crippen molar-refractivity contribution in [2.45, 2.75) is 56.7 Å². The standard InChI is InChI=1S/C17H22BrNO/c1-2-17(9-3-4-10-17)16(18)13-5-7-14-12(11-13)6-8-15(20)19-14/h5,7,11,16H,2-4,6,8-10H2,1H3,(H,19,20). The number of nitrogens with one attached hydrogen (secondary N) is 1. The third kappa shape index (κ3) is 2.41. The molecule has 1 aliphatic carbocycles. The summed E-state index contributed by atoms with van der Waals surface area (Å²) < 4.78 is 0. The molecule has 2 aliphatic rings. The van der Waals surface area contributed by atoms with E-state index in [1.165, 1.54) is 43.2 Å². The second kappa shape index (κ2) is 5.51. The SMILES string of the molecule is CCC1(C(Br)c2ccc3c(c2)CCC(=O)N3)CCCC1. The normalized spacial score (nSPS) is 22.2. The maximum atomic E-state index is 11.4. The van der Waals surface area contributed by atoms with Crippen LogP contribution in [0, 0.1) is 5.41 Å². The molecule has 0 spiro atoms. The number of carbonyl (C=O) groups is 1. The van der Waals surface area contributed by atoms with Gasteiger partial charge in [-0.3, -0.25) is 4.79 Å². The van der Waals surface area contributed by atoms with E-state index in [1.807, 2.05) is 0 Å². The maximum absolute atomic E-state index is 11.4. The molecule has 1 heterocycles. The van der Waals surface area contributed by atoms with Crippen LogP contribution < -0.4 is 5.32 Å². The van der Waals surface area contributed by atoms with E-state index in [2.05, 4.69) is 46.4 Å². The summed E-state index contributed by atoms with van der Waals surface area (Å²) in [4.78, 5) is 11.9.